The lowest BCUT2D eigenvalue weighted by Gasteiger charge is -1.96. The van der Waals surface area contributed by atoms with Crippen LogP contribution in [0.15, 0.2) is 21.7 Å². The van der Waals surface area contributed by atoms with Crippen molar-refractivity contribution < 1.29 is 4.42 Å². The first kappa shape index (κ1) is 7.69. The standard InChI is InChI=1S/C7H9N3O/c1-5-3-4-7(11-5)6(2)9-10-8/h3-4,6H,1-2H3/t6-/m1/s1. The molecule has 0 aliphatic heterocycles. The van der Waals surface area contributed by atoms with E-state index in [0.717, 1.165) is 5.76 Å². The average Bonchev–Trinajstić information content (AvgIpc) is 2.36. The number of aryl methyl sites for hydroxylation is 1. The summed E-state index contributed by atoms with van der Waals surface area (Å²) in [4.78, 5) is 2.69. The van der Waals surface area contributed by atoms with Gasteiger partial charge in [-0.1, -0.05) is 5.11 Å². The van der Waals surface area contributed by atoms with Crippen LogP contribution in [0.25, 0.3) is 10.4 Å². The summed E-state index contributed by atoms with van der Waals surface area (Å²) in [5, 5.41) is 3.49. The number of rotatable bonds is 2. The molecule has 0 saturated heterocycles. The van der Waals surface area contributed by atoms with Gasteiger partial charge in [-0.2, -0.15) is 0 Å². The molecule has 0 saturated carbocycles. The average molecular weight is 151 g/mol. The summed E-state index contributed by atoms with van der Waals surface area (Å²) in [5.41, 5.74) is 8.12. The predicted octanol–water partition coefficient (Wildman–Crippen LogP) is 2.96. The Morgan fingerprint density at radius 2 is 2.36 bits per heavy atom. The Morgan fingerprint density at radius 1 is 1.64 bits per heavy atom. The Morgan fingerprint density at radius 3 is 2.82 bits per heavy atom. The number of azide groups is 1. The van der Waals surface area contributed by atoms with Gasteiger partial charge in [0, 0.05) is 4.91 Å². The van der Waals surface area contributed by atoms with Crippen LogP contribution in [0.3, 0.4) is 0 Å². The summed E-state index contributed by atoms with van der Waals surface area (Å²) in [6, 6.07) is 3.45. The van der Waals surface area contributed by atoms with Crippen molar-refractivity contribution >= 4 is 0 Å². The highest BCUT2D eigenvalue weighted by Gasteiger charge is 2.05. The normalized spacial score (nSPS) is 12.2. The molecule has 0 amide bonds. The third-order valence-corrected chi connectivity index (χ3v) is 1.40. The molecule has 0 spiro atoms. The lowest BCUT2D eigenvalue weighted by molar-refractivity contribution is 0.457. The van der Waals surface area contributed by atoms with Crippen LogP contribution >= 0.6 is 0 Å². The molecule has 0 aliphatic carbocycles. The van der Waals surface area contributed by atoms with Crippen molar-refractivity contribution in [1.82, 2.24) is 0 Å². The molecule has 58 valence electrons. The van der Waals surface area contributed by atoms with E-state index < -0.39 is 0 Å². The van der Waals surface area contributed by atoms with E-state index >= 15 is 0 Å². The molecule has 0 radical (unpaired) electrons. The topological polar surface area (TPSA) is 61.9 Å². The Hall–Kier alpha value is -1.41. The zero-order valence-electron chi connectivity index (χ0n) is 6.48. The first-order valence-corrected chi connectivity index (χ1v) is 3.34. The zero-order chi connectivity index (χ0) is 8.27. The van der Waals surface area contributed by atoms with E-state index in [2.05, 4.69) is 10.0 Å². The number of hydrogen-bond donors (Lipinski definition) is 0. The predicted molar refractivity (Wildman–Crippen MR) is 41.0 cm³/mol. The third kappa shape index (κ3) is 1.75. The molecule has 1 atom stereocenters. The highest BCUT2D eigenvalue weighted by molar-refractivity contribution is 5.08. The van der Waals surface area contributed by atoms with Gasteiger partial charge >= 0.3 is 0 Å². The van der Waals surface area contributed by atoms with Gasteiger partial charge in [0.25, 0.3) is 0 Å². The van der Waals surface area contributed by atoms with Crippen molar-refractivity contribution in [2.45, 2.75) is 19.9 Å². The fourth-order valence-corrected chi connectivity index (χ4v) is 0.812. The van der Waals surface area contributed by atoms with E-state index in [4.69, 9.17) is 9.95 Å². The number of furan rings is 1. The van der Waals surface area contributed by atoms with Crippen molar-refractivity contribution in [3.63, 3.8) is 0 Å². The van der Waals surface area contributed by atoms with Gasteiger partial charge < -0.3 is 4.42 Å². The smallest absolute Gasteiger partial charge is 0.112 e. The Balaban J connectivity index is 2.84. The Kier molecular flexibility index (Phi) is 2.18. The van der Waals surface area contributed by atoms with E-state index in [1.165, 1.54) is 0 Å². The van der Waals surface area contributed by atoms with Crippen LogP contribution in [-0.2, 0) is 0 Å². The molecule has 4 nitrogen and oxygen atoms in total. The van der Waals surface area contributed by atoms with Gasteiger partial charge in [-0.05, 0) is 31.5 Å². The van der Waals surface area contributed by atoms with Crippen molar-refractivity contribution in [3.05, 3.63) is 34.1 Å². The molecule has 4 heteroatoms. The molecule has 0 aromatic carbocycles. The largest absolute Gasteiger partial charge is 0.466 e. The third-order valence-electron chi connectivity index (χ3n) is 1.40. The first-order valence-electron chi connectivity index (χ1n) is 3.34. The maximum atomic E-state index is 8.12. The van der Waals surface area contributed by atoms with Crippen molar-refractivity contribution in [2.75, 3.05) is 0 Å². The maximum Gasteiger partial charge on any atom is 0.112 e. The van der Waals surface area contributed by atoms with E-state index in [0.29, 0.717) is 5.76 Å². The van der Waals surface area contributed by atoms with Crippen LogP contribution in [0.2, 0.25) is 0 Å². The second-order valence-electron chi connectivity index (χ2n) is 2.33. The van der Waals surface area contributed by atoms with Gasteiger partial charge in [0.1, 0.15) is 11.5 Å². The highest BCUT2D eigenvalue weighted by Crippen LogP contribution is 2.18. The number of nitrogens with zero attached hydrogens (tertiary/aromatic N) is 3. The molecule has 0 unspecified atom stereocenters. The number of hydrogen-bond acceptors (Lipinski definition) is 2. The minimum absolute atomic E-state index is 0.214. The van der Waals surface area contributed by atoms with Crippen LogP contribution in [-0.4, -0.2) is 0 Å². The van der Waals surface area contributed by atoms with Crippen LogP contribution in [0, 0.1) is 6.92 Å². The summed E-state index contributed by atoms with van der Waals surface area (Å²) >= 11 is 0. The molecular formula is C7H9N3O. The summed E-state index contributed by atoms with van der Waals surface area (Å²) in [5.74, 6) is 1.54. The summed E-state index contributed by atoms with van der Waals surface area (Å²) in [6.07, 6.45) is 0. The van der Waals surface area contributed by atoms with Crippen LogP contribution < -0.4 is 0 Å². The molecule has 0 fully saturated rings. The van der Waals surface area contributed by atoms with Crippen molar-refractivity contribution in [3.8, 4) is 0 Å². The van der Waals surface area contributed by atoms with Gasteiger partial charge in [0.05, 0.1) is 6.04 Å². The summed E-state index contributed by atoms with van der Waals surface area (Å²) in [6.45, 7) is 3.64. The first-order chi connectivity index (χ1) is 5.24. The zero-order valence-corrected chi connectivity index (χ0v) is 6.48. The van der Waals surface area contributed by atoms with E-state index in [-0.39, 0.29) is 6.04 Å². The van der Waals surface area contributed by atoms with Crippen LogP contribution in [0.5, 0.6) is 0 Å². The van der Waals surface area contributed by atoms with Gasteiger partial charge in [-0.25, -0.2) is 0 Å². The van der Waals surface area contributed by atoms with E-state index in [1.54, 1.807) is 6.92 Å². The minimum Gasteiger partial charge on any atom is -0.466 e. The summed E-state index contributed by atoms with van der Waals surface area (Å²) < 4.78 is 5.23. The van der Waals surface area contributed by atoms with Gasteiger partial charge in [0.2, 0.25) is 0 Å². The Bertz CT molecular complexity index is 286. The van der Waals surface area contributed by atoms with Crippen LogP contribution in [0.4, 0.5) is 0 Å². The van der Waals surface area contributed by atoms with Gasteiger partial charge in [-0.3, -0.25) is 0 Å². The molecule has 0 aliphatic rings. The quantitative estimate of drug-likeness (QED) is 0.364. The van der Waals surface area contributed by atoms with Gasteiger partial charge in [0.15, 0.2) is 0 Å². The lowest BCUT2D eigenvalue weighted by Crippen LogP contribution is -1.82. The summed E-state index contributed by atoms with van der Waals surface area (Å²) in [7, 11) is 0. The molecule has 1 heterocycles. The molecule has 0 N–H and O–H groups in total. The molecule has 1 aromatic rings. The van der Waals surface area contributed by atoms with Crippen LogP contribution in [0.1, 0.15) is 24.5 Å². The molecule has 11 heavy (non-hydrogen) atoms. The molecular weight excluding hydrogens is 142 g/mol. The maximum absolute atomic E-state index is 8.12. The fourth-order valence-electron chi connectivity index (χ4n) is 0.812. The molecule has 1 aromatic heterocycles. The fraction of sp³-hybridized carbons (Fsp3) is 0.429. The Labute approximate surface area is 64.5 Å². The SMILES string of the molecule is Cc1ccc([C@@H](C)N=[N+]=[N-])o1. The van der Waals surface area contributed by atoms with E-state index in [1.807, 2.05) is 19.1 Å². The lowest BCUT2D eigenvalue weighted by atomic mass is 10.3. The second-order valence-corrected chi connectivity index (χ2v) is 2.33. The van der Waals surface area contributed by atoms with Crippen molar-refractivity contribution in [1.29, 1.82) is 0 Å². The van der Waals surface area contributed by atoms with Crippen molar-refractivity contribution in [2.24, 2.45) is 5.11 Å². The van der Waals surface area contributed by atoms with E-state index in [9.17, 15) is 0 Å². The highest BCUT2D eigenvalue weighted by atomic mass is 16.3. The molecule has 1 rings (SSSR count). The minimum atomic E-state index is -0.214. The monoisotopic (exact) mass is 151 g/mol. The second kappa shape index (κ2) is 3.12. The molecule has 0 bridgehead atoms. The van der Waals surface area contributed by atoms with Gasteiger partial charge in [-0.15, -0.1) is 0 Å².